The summed E-state index contributed by atoms with van der Waals surface area (Å²) in [7, 11) is 1.65. The molecular weight excluding hydrogens is 343 g/mol. The molecule has 0 atom stereocenters. The van der Waals surface area contributed by atoms with E-state index < -0.39 is 11.9 Å². The Morgan fingerprint density at radius 2 is 1.96 bits per heavy atom. The standard InChI is InChI=1S/C19H18F3N3O/c1-26-16-3-4-17-14(9-16)8-15-12-24(6-7-25(15)17)11-13-2-5-18(23-10-13)19(20,21)22/h2-5,8-10H,6-7,11-12H2,1H3. The Morgan fingerprint density at radius 3 is 2.65 bits per heavy atom. The molecule has 0 radical (unpaired) electrons. The van der Waals surface area contributed by atoms with Crippen molar-refractivity contribution < 1.29 is 17.9 Å². The number of ether oxygens (including phenoxy) is 1. The van der Waals surface area contributed by atoms with Gasteiger partial charge < -0.3 is 9.30 Å². The zero-order valence-corrected chi connectivity index (χ0v) is 14.3. The minimum Gasteiger partial charge on any atom is -0.497 e. The first-order chi connectivity index (χ1) is 12.4. The highest BCUT2D eigenvalue weighted by Gasteiger charge is 2.32. The Bertz CT molecular complexity index is 932. The minimum absolute atomic E-state index is 0.579. The lowest BCUT2D eigenvalue weighted by atomic mass is 10.2. The van der Waals surface area contributed by atoms with E-state index in [4.69, 9.17) is 4.74 Å². The molecule has 0 N–H and O–H groups in total. The average molecular weight is 361 g/mol. The van der Waals surface area contributed by atoms with Gasteiger partial charge in [-0.05, 0) is 35.9 Å². The third kappa shape index (κ3) is 3.14. The van der Waals surface area contributed by atoms with E-state index in [-0.39, 0.29) is 0 Å². The van der Waals surface area contributed by atoms with Crippen LogP contribution in [0.15, 0.2) is 42.6 Å². The van der Waals surface area contributed by atoms with E-state index >= 15 is 0 Å². The summed E-state index contributed by atoms with van der Waals surface area (Å²) >= 11 is 0. The minimum atomic E-state index is -4.40. The van der Waals surface area contributed by atoms with Gasteiger partial charge in [-0.25, -0.2) is 0 Å². The second-order valence-corrected chi connectivity index (χ2v) is 6.47. The number of alkyl halides is 3. The van der Waals surface area contributed by atoms with Crippen LogP contribution < -0.4 is 4.74 Å². The van der Waals surface area contributed by atoms with Crippen LogP contribution in [0.5, 0.6) is 5.75 Å². The predicted octanol–water partition coefficient (Wildman–Crippen LogP) is 4.08. The number of methoxy groups -OCH3 is 1. The average Bonchev–Trinajstić information content (AvgIpc) is 2.98. The molecule has 0 saturated carbocycles. The molecule has 3 aromatic rings. The van der Waals surface area contributed by atoms with Gasteiger partial charge >= 0.3 is 6.18 Å². The molecule has 0 aliphatic carbocycles. The van der Waals surface area contributed by atoms with E-state index in [2.05, 4.69) is 26.6 Å². The largest absolute Gasteiger partial charge is 0.497 e. The third-order valence-electron chi connectivity index (χ3n) is 4.74. The van der Waals surface area contributed by atoms with Crippen molar-refractivity contribution in [3.8, 4) is 5.75 Å². The van der Waals surface area contributed by atoms with Crippen molar-refractivity contribution >= 4 is 10.9 Å². The highest BCUT2D eigenvalue weighted by molar-refractivity contribution is 5.83. The maximum atomic E-state index is 12.6. The first kappa shape index (κ1) is 16.9. The summed E-state index contributed by atoms with van der Waals surface area (Å²) in [6.07, 6.45) is -3.08. The maximum Gasteiger partial charge on any atom is 0.433 e. The number of hydrogen-bond donors (Lipinski definition) is 0. The Hall–Kier alpha value is -2.54. The molecule has 0 fully saturated rings. The quantitative estimate of drug-likeness (QED) is 0.704. The number of pyridine rings is 1. The number of nitrogens with zero attached hydrogens (tertiary/aromatic N) is 3. The number of rotatable bonds is 3. The van der Waals surface area contributed by atoms with Crippen LogP contribution >= 0.6 is 0 Å². The van der Waals surface area contributed by atoms with Gasteiger partial charge in [-0.15, -0.1) is 0 Å². The van der Waals surface area contributed by atoms with Gasteiger partial charge in [0, 0.05) is 49.0 Å². The number of aromatic nitrogens is 2. The molecule has 26 heavy (non-hydrogen) atoms. The van der Waals surface area contributed by atoms with Crippen molar-refractivity contribution in [3.05, 3.63) is 59.5 Å². The molecular formula is C19H18F3N3O. The molecule has 0 spiro atoms. The van der Waals surface area contributed by atoms with Gasteiger partial charge in [0.15, 0.2) is 0 Å². The lowest BCUT2D eigenvalue weighted by molar-refractivity contribution is -0.141. The van der Waals surface area contributed by atoms with Gasteiger partial charge in [0.05, 0.1) is 7.11 Å². The second kappa shape index (κ2) is 6.32. The molecule has 4 nitrogen and oxygen atoms in total. The molecule has 0 bridgehead atoms. The van der Waals surface area contributed by atoms with Crippen molar-refractivity contribution in [2.75, 3.05) is 13.7 Å². The van der Waals surface area contributed by atoms with Crippen LogP contribution in [0, 0.1) is 0 Å². The fourth-order valence-corrected chi connectivity index (χ4v) is 3.46. The Labute approximate surface area is 148 Å². The number of halogens is 3. The first-order valence-electron chi connectivity index (χ1n) is 8.35. The van der Waals surface area contributed by atoms with Gasteiger partial charge in [0.2, 0.25) is 0 Å². The maximum absolute atomic E-state index is 12.6. The smallest absolute Gasteiger partial charge is 0.433 e. The monoisotopic (exact) mass is 361 g/mol. The third-order valence-corrected chi connectivity index (χ3v) is 4.74. The van der Waals surface area contributed by atoms with Crippen molar-refractivity contribution in [2.24, 2.45) is 0 Å². The van der Waals surface area contributed by atoms with E-state index in [1.54, 1.807) is 7.11 Å². The number of fused-ring (bicyclic) bond motifs is 3. The van der Waals surface area contributed by atoms with Crippen molar-refractivity contribution in [1.82, 2.24) is 14.5 Å². The number of hydrogen-bond acceptors (Lipinski definition) is 3. The van der Waals surface area contributed by atoms with Crippen molar-refractivity contribution in [1.29, 1.82) is 0 Å². The topological polar surface area (TPSA) is 30.3 Å². The fraction of sp³-hybridized carbons (Fsp3) is 0.316. The van der Waals surface area contributed by atoms with E-state index in [1.165, 1.54) is 23.5 Å². The molecule has 0 unspecified atom stereocenters. The van der Waals surface area contributed by atoms with Crippen molar-refractivity contribution in [3.63, 3.8) is 0 Å². The highest BCUT2D eigenvalue weighted by Crippen LogP contribution is 2.29. The van der Waals surface area contributed by atoms with Crippen LogP contribution in [0.25, 0.3) is 10.9 Å². The molecule has 0 amide bonds. The van der Waals surface area contributed by atoms with Gasteiger partial charge in [0.1, 0.15) is 11.4 Å². The van der Waals surface area contributed by atoms with E-state index in [9.17, 15) is 13.2 Å². The Kier molecular flexibility index (Phi) is 4.11. The lowest BCUT2D eigenvalue weighted by Crippen LogP contribution is -2.32. The molecule has 1 aromatic carbocycles. The van der Waals surface area contributed by atoms with Gasteiger partial charge in [-0.1, -0.05) is 6.07 Å². The van der Waals surface area contributed by atoms with Crippen LogP contribution in [0.3, 0.4) is 0 Å². The molecule has 2 aromatic heterocycles. The lowest BCUT2D eigenvalue weighted by Gasteiger charge is -2.29. The van der Waals surface area contributed by atoms with Crippen LogP contribution in [-0.4, -0.2) is 28.1 Å². The second-order valence-electron chi connectivity index (χ2n) is 6.47. The zero-order valence-electron chi connectivity index (χ0n) is 14.3. The molecule has 1 aliphatic heterocycles. The first-order valence-corrected chi connectivity index (χ1v) is 8.35. The fourth-order valence-electron chi connectivity index (χ4n) is 3.46. The SMILES string of the molecule is COc1ccc2c(c1)cc1n2CCN(Cc2ccc(C(F)(F)F)nc2)C1. The van der Waals surface area contributed by atoms with E-state index in [0.29, 0.717) is 6.54 Å². The van der Waals surface area contributed by atoms with E-state index in [1.807, 2.05) is 12.1 Å². The highest BCUT2D eigenvalue weighted by atomic mass is 19.4. The van der Waals surface area contributed by atoms with E-state index in [0.717, 1.165) is 42.4 Å². The summed E-state index contributed by atoms with van der Waals surface area (Å²) in [5, 5.41) is 1.14. The number of benzene rings is 1. The van der Waals surface area contributed by atoms with Gasteiger partial charge in [-0.2, -0.15) is 13.2 Å². The molecule has 1 aliphatic rings. The van der Waals surface area contributed by atoms with Gasteiger partial charge in [-0.3, -0.25) is 9.88 Å². The molecule has 136 valence electrons. The normalized spacial score (nSPS) is 15.2. The van der Waals surface area contributed by atoms with Crippen LogP contribution in [0.2, 0.25) is 0 Å². The summed E-state index contributed by atoms with van der Waals surface area (Å²) in [6, 6.07) is 10.7. The van der Waals surface area contributed by atoms with Crippen LogP contribution in [-0.2, 0) is 25.8 Å². The zero-order chi connectivity index (χ0) is 18.3. The molecule has 3 heterocycles. The summed E-state index contributed by atoms with van der Waals surface area (Å²) < 4.78 is 45.4. The summed E-state index contributed by atoms with van der Waals surface area (Å²) in [4.78, 5) is 5.76. The van der Waals surface area contributed by atoms with Crippen molar-refractivity contribution in [2.45, 2.75) is 25.8 Å². The summed E-state index contributed by atoms with van der Waals surface area (Å²) in [5.74, 6) is 0.827. The van der Waals surface area contributed by atoms with Gasteiger partial charge in [0.25, 0.3) is 0 Å². The Balaban J connectivity index is 1.51. The molecule has 4 rings (SSSR count). The summed E-state index contributed by atoms with van der Waals surface area (Å²) in [6.45, 7) is 3.01. The summed E-state index contributed by atoms with van der Waals surface area (Å²) in [5.41, 5.74) is 2.30. The Morgan fingerprint density at radius 1 is 1.12 bits per heavy atom. The predicted molar refractivity (Wildman–Crippen MR) is 91.8 cm³/mol. The molecule has 0 saturated heterocycles. The van der Waals surface area contributed by atoms with Crippen LogP contribution in [0.1, 0.15) is 17.0 Å². The molecule has 7 heteroatoms. The van der Waals surface area contributed by atoms with Crippen LogP contribution in [0.4, 0.5) is 13.2 Å².